The van der Waals surface area contributed by atoms with Gasteiger partial charge in [0, 0.05) is 18.3 Å². The summed E-state index contributed by atoms with van der Waals surface area (Å²) in [5, 5.41) is 0.0532. The third-order valence-electron chi connectivity index (χ3n) is 1.64. The van der Waals surface area contributed by atoms with Gasteiger partial charge in [0.05, 0.1) is 5.38 Å². The number of aromatic nitrogens is 1. The van der Waals surface area contributed by atoms with Gasteiger partial charge in [-0.2, -0.15) is 0 Å². The third kappa shape index (κ3) is 3.00. The topological polar surface area (TPSA) is 12.9 Å². The number of rotatable bonds is 4. The molecule has 0 N–H and O–H groups in total. The van der Waals surface area contributed by atoms with Crippen molar-refractivity contribution in [3.63, 3.8) is 0 Å². The molecule has 0 spiro atoms. The average molecular weight is 204 g/mol. The summed E-state index contributed by atoms with van der Waals surface area (Å²) in [5.74, 6) is 0.670. The Balaban J connectivity index is 2.48. The van der Waals surface area contributed by atoms with Gasteiger partial charge in [0.15, 0.2) is 0 Å². The van der Waals surface area contributed by atoms with Gasteiger partial charge in [-0.05, 0) is 24.5 Å². The SMILES string of the molecule is ClCCC[C@H](Cl)c1cccnc1. The molecule has 0 aliphatic rings. The van der Waals surface area contributed by atoms with E-state index in [4.69, 9.17) is 23.2 Å². The Morgan fingerprint density at radius 1 is 1.50 bits per heavy atom. The maximum Gasteiger partial charge on any atom is 0.0600 e. The zero-order chi connectivity index (χ0) is 8.81. The summed E-state index contributed by atoms with van der Waals surface area (Å²) in [6.45, 7) is 0. The fourth-order valence-electron chi connectivity index (χ4n) is 0.984. The lowest BCUT2D eigenvalue weighted by atomic mass is 10.1. The van der Waals surface area contributed by atoms with Gasteiger partial charge in [-0.3, -0.25) is 4.98 Å². The van der Waals surface area contributed by atoms with Gasteiger partial charge in [-0.1, -0.05) is 6.07 Å². The number of alkyl halides is 2. The fourth-order valence-corrected chi connectivity index (χ4v) is 1.42. The molecule has 0 saturated heterocycles. The smallest absolute Gasteiger partial charge is 0.0600 e. The van der Waals surface area contributed by atoms with Crippen molar-refractivity contribution in [2.75, 3.05) is 5.88 Å². The average Bonchev–Trinajstić information content (AvgIpc) is 2.15. The van der Waals surface area contributed by atoms with Crippen LogP contribution in [0.3, 0.4) is 0 Å². The largest absolute Gasteiger partial charge is 0.264 e. The quantitative estimate of drug-likeness (QED) is 0.685. The highest BCUT2D eigenvalue weighted by atomic mass is 35.5. The molecule has 0 bridgehead atoms. The van der Waals surface area contributed by atoms with E-state index < -0.39 is 0 Å². The summed E-state index contributed by atoms with van der Waals surface area (Å²) < 4.78 is 0. The van der Waals surface area contributed by atoms with E-state index in [0.717, 1.165) is 18.4 Å². The van der Waals surface area contributed by atoms with E-state index in [1.165, 1.54) is 0 Å². The maximum absolute atomic E-state index is 6.09. The minimum absolute atomic E-state index is 0.0532. The van der Waals surface area contributed by atoms with Gasteiger partial charge in [-0.15, -0.1) is 23.2 Å². The van der Waals surface area contributed by atoms with Crippen LogP contribution >= 0.6 is 23.2 Å². The molecule has 0 aromatic carbocycles. The second-order valence-corrected chi connectivity index (χ2v) is 3.49. The molecule has 66 valence electrons. The Bertz CT molecular complexity index is 213. The summed E-state index contributed by atoms with van der Waals surface area (Å²) in [4.78, 5) is 4.00. The van der Waals surface area contributed by atoms with Crippen LogP contribution in [0, 0.1) is 0 Å². The predicted octanol–water partition coefficient (Wildman–Crippen LogP) is 3.38. The Hall–Kier alpha value is -0.270. The standard InChI is InChI=1S/C9H11Cl2N/c10-5-1-4-9(11)8-3-2-6-12-7-8/h2-3,6-7,9H,1,4-5H2/t9-/m0/s1. The van der Waals surface area contributed by atoms with Gasteiger partial charge >= 0.3 is 0 Å². The first-order valence-corrected chi connectivity index (χ1v) is 4.91. The van der Waals surface area contributed by atoms with E-state index in [-0.39, 0.29) is 5.38 Å². The molecule has 1 nitrogen and oxygen atoms in total. The van der Waals surface area contributed by atoms with Crippen LogP contribution in [0.4, 0.5) is 0 Å². The maximum atomic E-state index is 6.09. The van der Waals surface area contributed by atoms with Crippen molar-refractivity contribution in [2.45, 2.75) is 18.2 Å². The zero-order valence-corrected chi connectivity index (χ0v) is 8.22. The highest BCUT2D eigenvalue weighted by Gasteiger charge is 2.05. The molecule has 1 aromatic rings. The van der Waals surface area contributed by atoms with Gasteiger partial charge < -0.3 is 0 Å². The second kappa shape index (κ2) is 5.39. The number of pyridine rings is 1. The first kappa shape index (κ1) is 9.82. The summed E-state index contributed by atoms with van der Waals surface area (Å²) >= 11 is 11.6. The van der Waals surface area contributed by atoms with Crippen LogP contribution < -0.4 is 0 Å². The van der Waals surface area contributed by atoms with Crippen molar-refractivity contribution in [1.29, 1.82) is 0 Å². The Morgan fingerprint density at radius 3 is 2.92 bits per heavy atom. The number of hydrogen-bond donors (Lipinski definition) is 0. The minimum Gasteiger partial charge on any atom is -0.264 e. The predicted molar refractivity (Wildman–Crippen MR) is 52.8 cm³/mol. The molecule has 0 aliphatic heterocycles. The first-order chi connectivity index (χ1) is 5.84. The van der Waals surface area contributed by atoms with Gasteiger partial charge in [0.25, 0.3) is 0 Å². The molecule has 3 heteroatoms. The lowest BCUT2D eigenvalue weighted by Gasteiger charge is -2.06. The van der Waals surface area contributed by atoms with Gasteiger partial charge in [0.1, 0.15) is 0 Å². The fraction of sp³-hybridized carbons (Fsp3) is 0.444. The molecule has 1 aromatic heterocycles. The van der Waals surface area contributed by atoms with Gasteiger partial charge in [-0.25, -0.2) is 0 Å². The van der Waals surface area contributed by atoms with E-state index in [0.29, 0.717) is 5.88 Å². The molecule has 12 heavy (non-hydrogen) atoms. The first-order valence-electron chi connectivity index (χ1n) is 3.94. The number of halogens is 2. The van der Waals surface area contributed by atoms with E-state index >= 15 is 0 Å². The van der Waals surface area contributed by atoms with Crippen LogP contribution in [0.25, 0.3) is 0 Å². The molecule has 0 fully saturated rings. The van der Waals surface area contributed by atoms with Gasteiger partial charge in [0.2, 0.25) is 0 Å². The molecule has 0 radical (unpaired) electrons. The van der Waals surface area contributed by atoms with Crippen molar-refractivity contribution in [2.24, 2.45) is 0 Å². The second-order valence-electron chi connectivity index (χ2n) is 2.59. The normalized spacial score (nSPS) is 12.8. The van der Waals surface area contributed by atoms with Crippen molar-refractivity contribution in [3.8, 4) is 0 Å². The lowest BCUT2D eigenvalue weighted by Crippen LogP contribution is -1.91. The molecule has 0 unspecified atom stereocenters. The van der Waals surface area contributed by atoms with Crippen molar-refractivity contribution >= 4 is 23.2 Å². The summed E-state index contributed by atoms with van der Waals surface area (Å²) in [5.41, 5.74) is 1.07. The van der Waals surface area contributed by atoms with E-state index in [9.17, 15) is 0 Å². The molecule has 0 aliphatic carbocycles. The third-order valence-corrected chi connectivity index (χ3v) is 2.37. The van der Waals surface area contributed by atoms with Crippen molar-refractivity contribution < 1.29 is 0 Å². The van der Waals surface area contributed by atoms with Crippen molar-refractivity contribution in [1.82, 2.24) is 4.98 Å². The highest BCUT2D eigenvalue weighted by molar-refractivity contribution is 6.21. The van der Waals surface area contributed by atoms with E-state index in [1.54, 1.807) is 12.4 Å². The molecule has 1 atom stereocenters. The molecule has 1 heterocycles. The summed E-state index contributed by atoms with van der Waals surface area (Å²) in [7, 11) is 0. The Morgan fingerprint density at radius 2 is 2.33 bits per heavy atom. The monoisotopic (exact) mass is 203 g/mol. The Kier molecular flexibility index (Phi) is 4.41. The van der Waals surface area contributed by atoms with Crippen LogP contribution in [0.5, 0.6) is 0 Å². The molecule has 0 amide bonds. The van der Waals surface area contributed by atoms with E-state index in [2.05, 4.69) is 4.98 Å². The zero-order valence-electron chi connectivity index (χ0n) is 6.71. The van der Waals surface area contributed by atoms with Crippen LogP contribution in [-0.2, 0) is 0 Å². The summed E-state index contributed by atoms with van der Waals surface area (Å²) in [6, 6.07) is 3.88. The summed E-state index contributed by atoms with van der Waals surface area (Å²) in [6.07, 6.45) is 5.40. The van der Waals surface area contributed by atoms with Crippen LogP contribution in [0.1, 0.15) is 23.8 Å². The molecule has 1 rings (SSSR count). The van der Waals surface area contributed by atoms with Crippen LogP contribution in [0.15, 0.2) is 24.5 Å². The number of nitrogens with zero attached hydrogens (tertiary/aromatic N) is 1. The minimum atomic E-state index is 0.0532. The number of hydrogen-bond acceptors (Lipinski definition) is 1. The highest BCUT2D eigenvalue weighted by Crippen LogP contribution is 2.24. The lowest BCUT2D eigenvalue weighted by molar-refractivity contribution is 0.771. The van der Waals surface area contributed by atoms with Crippen LogP contribution in [-0.4, -0.2) is 10.9 Å². The molecular formula is C9H11Cl2N. The van der Waals surface area contributed by atoms with Crippen molar-refractivity contribution in [3.05, 3.63) is 30.1 Å². The molecular weight excluding hydrogens is 193 g/mol. The van der Waals surface area contributed by atoms with Crippen LogP contribution in [0.2, 0.25) is 0 Å². The Labute approximate surface area is 82.7 Å². The molecule has 0 saturated carbocycles. The van der Waals surface area contributed by atoms with E-state index in [1.807, 2.05) is 12.1 Å².